The Bertz CT molecular complexity index is 417. The zero-order valence-electron chi connectivity index (χ0n) is 9.02. The Morgan fingerprint density at radius 3 is 2.75 bits per heavy atom. The number of hydrogen-bond acceptors (Lipinski definition) is 5. The van der Waals surface area contributed by atoms with E-state index in [4.69, 9.17) is 4.74 Å². The Kier molecular flexibility index (Phi) is 3.96. The number of nitro groups is 1. The van der Waals surface area contributed by atoms with Crippen molar-refractivity contribution in [1.29, 1.82) is 0 Å². The number of nitrogens with one attached hydrogen (secondary N) is 1. The summed E-state index contributed by atoms with van der Waals surface area (Å²) in [7, 11) is 2.93. The van der Waals surface area contributed by atoms with Crippen LogP contribution in [0.15, 0.2) is 18.2 Å². The second-order valence-corrected chi connectivity index (χ2v) is 3.07. The maximum Gasteiger partial charge on any atom is 0.321 e. The first-order chi connectivity index (χ1) is 7.61. The fraction of sp³-hybridized carbons (Fsp3) is 0.300. The van der Waals surface area contributed by atoms with E-state index in [1.54, 1.807) is 13.1 Å². The first-order valence-corrected chi connectivity index (χ1v) is 4.61. The number of rotatable bonds is 5. The highest BCUT2D eigenvalue weighted by Crippen LogP contribution is 2.30. The molecule has 0 radical (unpaired) electrons. The van der Waals surface area contributed by atoms with E-state index in [1.165, 1.54) is 19.2 Å². The summed E-state index contributed by atoms with van der Waals surface area (Å²) >= 11 is 0. The van der Waals surface area contributed by atoms with Crippen LogP contribution in [-0.2, 0) is 0 Å². The van der Waals surface area contributed by atoms with Gasteiger partial charge in [0.15, 0.2) is 11.5 Å². The fourth-order valence-electron chi connectivity index (χ4n) is 1.36. The van der Waals surface area contributed by atoms with Crippen LogP contribution < -0.4 is 10.1 Å². The maximum atomic E-state index is 11.6. The lowest BCUT2D eigenvalue weighted by Crippen LogP contribution is -2.19. The molecule has 0 amide bonds. The number of Topliss-reactive ketones (excluding diaryl/α,β-unsaturated/α-hetero) is 1. The van der Waals surface area contributed by atoms with Gasteiger partial charge in [-0.05, 0) is 19.2 Å². The van der Waals surface area contributed by atoms with Crippen LogP contribution in [0.5, 0.6) is 5.75 Å². The molecule has 0 spiro atoms. The van der Waals surface area contributed by atoms with Gasteiger partial charge in [0, 0.05) is 0 Å². The van der Waals surface area contributed by atoms with Crippen molar-refractivity contribution < 1.29 is 14.5 Å². The summed E-state index contributed by atoms with van der Waals surface area (Å²) in [4.78, 5) is 21.9. The van der Waals surface area contributed by atoms with E-state index in [2.05, 4.69) is 5.32 Å². The third kappa shape index (κ3) is 2.34. The van der Waals surface area contributed by atoms with Gasteiger partial charge in [-0.3, -0.25) is 14.9 Å². The minimum atomic E-state index is -0.609. The van der Waals surface area contributed by atoms with Crippen LogP contribution in [0.1, 0.15) is 10.4 Å². The largest absolute Gasteiger partial charge is 0.490 e. The van der Waals surface area contributed by atoms with E-state index in [9.17, 15) is 14.9 Å². The van der Waals surface area contributed by atoms with E-state index >= 15 is 0 Å². The topological polar surface area (TPSA) is 81.5 Å². The standard InChI is InChI=1S/C10H12N2O4/c1-11-6-8(13)7-4-3-5-9(16-2)10(7)12(14)15/h3-5,11H,6H2,1-2H3. The Balaban J connectivity index is 3.27. The molecular formula is C10H12N2O4. The predicted molar refractivity (Wildman–Crippen MR) is 57.9 cm³/mol. The zero-order valence-corrected chi connectivity index (χ0v) is 9.02. The highest BCUT2D eigenvalue weighted by molar-refractivity contribution is 6.02. The zero-order chi connectivity index (χ0) is 12.1. The van der Waals surface area contributed by atoms with E-state index in [1.807, 2.05) is 0 Å². The Morgan fingerprint density at radius 2 is 2.25 bits per heavy atom. The highest BCUT2D eigenvalue weighted by Gasteiger charge is 2.24. The number of ketones is 1. The average molecular weight is 224 g/mol. The number of ether oxygens (including phenoxy) is 1. The van der Waals surface area contributed by atoms with Gasteiger partial charge in [-0.15, -0.1) is 0 Å². The van der Waals surface area contributed by atoms with Crippen molar-refractivity contribution in [2.24, 2.45) is 0 Å². The highest BCUT2D eigenvalue weighted by atomic mass is 16.6. The number of nitro benzene ring substituents is 1. The number of carbonyl (C=O) groups is 1. The van der Waals surface area contributed by atoms with Gasteiger partial charge in [0.05, 0.1) is 18.6 Å². The van der Waals surface area contributed by atoms with Crippen molar-refractivity contribution in [2.75, 3.05) is 20.7 Å². The smallest absolute Gasteiger partial charge is 0.321 e. The van der Waals surface area contributed by atoms with Crippen molar-refractivity contribution in [3.63, 3.8) is 0 Å². The molecule has 6 nitrogen and oxygen atoms in total. The molecule has 0 heterocycles. The molecule has 6 heteroatoms. The number of nitrogens with zero attached hydrogens (tertiary/aromatic N) is 1. The van der Waals surface area contributed by atoms with Gasteiger partial charge in [-0.2, -0.15) is 0 Å². The third-order valence-corrected chi connectivity index (χ3v) is 2.04. The molecule has 0 aliphatic carbocycles. The SMILES string of the molecule is CNCC(=O)c1cccc(OC)c1[N+](=O)[O-]. The van der Waals surface area contributed by atoms with Crippen LogP contribution in [0.4, 0.5) is 5.69 Å². The van der Waals surface area contributed by atoms with E-state index < -0.39 is 4.92 Å². The molecule has 0 aliphatic heterocycles. The lowest BCUT2D eigenvalue weighted by atomic mass is 10.1. The van der Waals surface area contributed by atoms with Crippen LogP contribution in [-0.4, -0.2) is 31.4 Å². The van der Waals surface area contributed by atoms with Gasteiger partial charge >= 0.3 is 5.69 Å². The van der Waals surface area contributed by atoms with Gasteiger partial charge < -0.3 is 10.1 Å². The van der Waals surface area contributed by atoms with Crippen LogP contribution >= 0.6 is 0 Å². The van der Waals surface area contributed by atoms with Crippen LogP contribution in [0.2, 0.25) is 0 Å². The van der Waals surface area contributed by atoms with Crippen LogP contribution in [0.25, 0.3) is 0 Å². The van der Waals surface area contributed by atoms with E-state index in [0.717, 1.165) is 0 Å². The number of para-hydroxylation sites is 1. The predicted octanol–water partition coefficient (Wildman–Crippen LogP) is 1.01. The van der Waals surface area contributed by atoms with Gasteiger partial charge in [0.25, 0.3) is 0 Å². The molecule has 1 aromatic rings. The van der Waals surface area contributed by atoms with Crippen molar-refractivity contribution in [2.45, 2.75) is 0 Å². The molecule has 1 N–H and O–H groups in total. The van der Waals surface area contributed by atoms with E-state index in [0.29, 0.717) is 0 Å². The lowest BCUT2D eigenvalue weighted by molar-refractivity contribution is -0.386. The minimum absolute atomic E-state index is 0.0496. The molecule has 86 valence electrons. The van der Waals surface area contributed by atoms with Gasteiger partial charge in [-0.1, -0.05) is 6.07 Å². The molecule has 0 atom stereocenters. The normalized spacial score (nSPS) is 9.88. The molecule has 0 fully saturated rings. The molecule has 0 aromatic heterocycles. The third-order valence-electron chi connectivity index (χ3n) is 2.04. The second kappa shape index (κ2) is 5.22. The molecule has 16 heavy (non-hydrogen) atoms. The molecule has 0 saturated carbocycles. The first-order valence-electron chi connectivity index (χ1n) is 4.61. The number of benzene rings is 1. The Hall–Kier alpha value is -1.95. The summed E-state index contributed by atoms with van der Waals surface area (Å²) < 4.78 is 4.86. The number of likely N-dealkylation sites (N-methyl/N-ethyl adjacent to an activating group) is 1. The van der Waals surface area contributed by atoms with Gasteiger partial charge in [0.2, 0.25) is 0 Å². The summed E-state index contributed by atoms with van der Waals surface area (Å²) in [6.45, 7) is 0.0496. The average Bonchev–Trinajstić information content (AvgIpc) is 2.28. The van der Waals surface area contributed by atoms with Gasteiger partial charge in [-0.25, -0.2) is 0 Å². The summed E-state index contributed by atoms with van der Waals surface area (Å²) in [5, 5.41) is 13.5. The quantitative estimate of drug-likeness (QED) is 0.458. The van der Waals surface area contributed by atoms with Crippen LogP contribution in [0.3, 0.4) is 0 Å². The summed E-state index contributed by atoms with van der Waals surface area (Å²) in [5.74, 6) is -0.250. The summed E-state index contributed by atoms with van der Waals surface area (Å²) in [6, 6.07) is 4.42. The van der Waals surface area contributed by atoms with Crippen molar-refractivity contribution in [3.8, 4) is 5.75 Å². The van der Waals surface area contributed by atoms with E-state index in [-0.39, 0.29) is 29.3 Å². The monoisotopic (exact) mass is 224 g/mol. The van der Waals surface area contributed by atoms with Crippen molar-refractivity contribution in [1.82, 2.24) is 5.32 Å². The molecule has 0 unspecified atom stereocenters. The number of carbonyl (C=O) groups excluding carboxylic acids is 1. The Labute approximate surface area is 92.4 Å². The minimum Gasteiger partial charge on any atom is -0.490 e. The maximum absolute atomic E-state index is 11.6. The van der Waals surface area contributed by atoms with Gasteiger partial charge in [0.1, 0.15) is 5.56 Å². The lowest BCUT2D eigenvalue weighted by Gasteiger charge is -2.05. The van der Waals surface area contributed by atoms with Crippen LogP contribution in [0, 0.1) is 10.1 Å². The summed E-state index contributed by atoms with van der Waals surface area (Å²) in [5.41, 5.74) is -0.232. The first kappa shape index (κ1) is 12.1. The number of methoxy groups -OCH3 is 1. The molecule has 1 aromatic carbocycles. The Morgan fingerprint density at radius 1 is 1.56 bits per heavy atom. The fourth-order valence-corrected chi connectivity index (χ4v) is 1.36. The molecule has 0 aliphatic rings. The number of hydrogen-bond donors (Lipinski definition) is 1. The van der Waals surface area contributed by atoms with Crippen molar-refractivity contribution in [3.05, 3.63) is 33.9 Å². The molecule has 1 rings (SSSR count). The van der Waals surface area contributed by atoms with Crippen molar-refractivity contribution >= 4 is 11.5 Å². The summed E-state index contributed by atoms with van der Waals surface area (Å²) in [6.07, 6.45) is 0. The molecular weight excluding hydrogens is 212 g/mol. The molecule has 0 bridgehead atoms. The second-order valence-electron chi connectivity index (χ2n) is 3.07. The molecule has 0 saturated heterocycles.